The minimum absolute atomic E-state index is 0.566. The van der Waals surface area contributed by atoms with E-state index in [9.17, 15) is 0 Å². The minimum atomic E-state index is -2.17. The van der Waals surface area contributed by atoms with Crippen molar-refractivity contribution in [2.24, 2.45) is 0 Å². The van der Waals surface area contributed by atoms with Crippen molar-refractivity contribution in [3.8, 4) is 0 Å². The molecule has 0 N–H and O–H groups in total. The molecule has 3 rings (SSSR count). The molecule has 29 heavy (non-hydrogen) atoms. The van der Waals surface area contributed by atoms with Gasteiger partial charge in [-0.15, -0.1) is 0 Å². The summed E-state index contributed by atoms with van der Waals surface area (Å²) in [6.07, 6.45) is 0. The Morgan fingerprint density at radius 2 is 0.966 bits per heavy atom. The molecule has 0 heterocycles. The summed E-state index contributed by atoms with van der Waals surface area (Å²) in [7, 11) is -2.86. The second-order valence-corrected chi connectivity index (χ2v) is 17.2. The highest BCUT2D eigenvalue weighted by Crippen LogP contribution is 2.24. The quantitative estimate of drug-likeness (QED) is 0.372. The summed E-state index contributed by atoms with van der Waals surface area (Å²) in [6.45, 7) is 14.6. The third-order valence-electron chi connectivity index (χ3n) is 6.23. The normalized spacial score (nSPS) is 12.3. The van der Waals surface area contributed by atoms with Crippen LogP contribution in [0.15, 0.2) is 84.9 Å². The summed E-state index contributed by atoms with van der Waals surface area (Å²) in [6, 6.07) is 32.2. The lowest BCUT2D eigenvalue weighted by atomic mass is 10.3. The molecule has 0 aliphatic heterocycles. The van der Waals surface area contributed by atoms with E-state index in [0.29, 0.717) is 16.6 Å². The van der Waals surface area contributed by atoms with Gasteiger partial charge in [-0.3, -0.25) is 0 Å². The van der Waals surface area contributed by atoms with E-state index in [4.69, 9.17) is 0 Å². The van der Waals surface area contributed by atoms with E-state index in [2.05, 4.69) is 126 Å². The van der Waals surface area contributed by atoms with Gasteiger partial charge in [-0.1, -0.05) is 137 Å². The molecule has 0 atom stereocenters. The van der Waals surface area contributed by atoms with Crippen molar-refractivity contribution in [1.82, 2.24) is 0 Å². The summed E-state index contributed by atoms with van der Waals surface area (Å²) in [5, 5.41) is 6.37. The van der Waals surface area contributed by atoms with E-state index >= 15 is 0 Å². The first-order valence-corrected chi connectivity index (χ1v) is 14.7. The first kappa shape index (κ1) is 21.8. The Bertz CT molecular complexity index is 851. The Kier molecular flexibility index (Phi) is 6.97. The van der Waals surface area contributed by atoms with E-state index in [1.165, 1.54) is 10.4 Å². The van der Waals surface area contributed by atoms with Crippen molar-refractivity contribution >= 4 is 37.6 Å². The van der Waals surface area contributed by atoms with Crippen molar-refractivity contribution in [2.75, 3.05) is 0 Å². The van der Waals surface area contributed by atoms with Crippen LogP contribution in [0.25, 0.3) is 0 Å². The van der Waals surface area contributed by atoms with Crippen LogP contribution in [0.1, 0.15) is 41.5 Å². The van der Waals surface area contributed by atoms with Crippen LogP contribution in [0.5, 0.6) is 0 Å². The molecule has 0 aliphatic rings. The highest BCUT2D eigenvalue weighted by molar-refractivity contribution is 7.14. The van der Waals surface area contributed by atoms with Gasteiger partial charge in [0.15, 0.2) is 8.07 Å². The first-order valence-electron chi connectivity index (χ1n) is 11.0. The van der Waals surface area contributed by atoms with Crippen LogP contribution in [-0.4, -0.2) is 16.9 Å². The Morgan fingerprint density at radius 3 is 1.38 bits per heavy atom. The molecule has 0 aliphatic carbocycles. The minimum Gasteiger partial charge on any atom is -0.0650 e. The van der Waals surface area contributed by atoms with Crippen LogP contribution >= 0.6 is 0 Å². The van der Waals surface area contributed by atoms with Crippen LogP contribution in [0.2, 0.25) is 16.6 Å². The largest absolute Gasteiger partial charge is 0.150 e. The van der Waals surface area contributed by atoms with Crippen LogP contribution in [0.3, 0.4) is 0 Å². The number of rotatable bonds is 7. The maximum atomic E-state index is 2.47. The average Bonchev–Trinajstić information content (AvgIpc) is 2.70. The standard InChI is InChI=1S/C27H35Si2/c1-21(2)28(22(3)4)26-19-13-14-20-27(26)29(23(5)6,24-15-9-7-10-16-24)25-17-11-8-12-18-25/h7-23H,1-6H3. The van der Waals surface area contributed by atoms with Crippen molar-refractivity contribution in [3.05, 3.63) is 84.9 Å². The van der Waals surface area contributed by atoms with Crippen molar-refractivity contribution in [3.63, 3.8) is 0 Å². The van der Waals surface area contributed by atoms with Gasteiger partial charge in [0.25, 0.3) is 0 Å². The SMILES string of the molecule is CC(C)[Si](c1ccccc1[Si](c1ccccc1)(c1ccccc1)C(C)C)C(C)C. The highest BCUT2D eigenvalue weighted by Gasteiger charge is 2.44. The van der Waals surface area contributed by atoms with Gasteiger partial charge in [-0.25, -0.2) is 0 Å². The van der Waals surface area contributed by atoms with Gasteiger partial charge in [-0.2, -0.15) is 0 Å². The van der Waals surface area contributed by atoms with Gasteiger partial charge in [-0.05, 0) is 27.0 Å². The van der Waals surface area contributed by atoms with E-state index in [-0.39, 0.29) is 0 Å². The Labute approximate surface area is 180 Å². The molecule has 0 fully saturated rings. The molecule has 0 bridgehead atoms. The molecule has 0 saturated carbocycles. The van der Waals surface area contributed by atoms with Gasteiger partial charge in [0, 0.05) is 0 Å². The van der Waals surface area contributed by atoms with Crippen LogP contribution in [0.4, 0.5) is 0 Å². The zero-order valence-electron chi connectivity index (χ0n) is 18.8. The predicted octanol–water partition coefficient (Wildman–Crippen LogP) is 5.09. The smallest absolute Gasteiger partial charge is 0.0650 e. The van der Waals surface area contributed by atoms with Gasteiger partial charge in [0.2, 0.25) is 0 Å². The molecule has 151 valence electrons. The van der Waals surface area contributed by atoms with Crippen LogP contribution < -0.4 is 20.7 Å². The van der Waals surface area contributed by atoms with Crippen molar-refractivity contribution < 1.29 is 0 Å². The maximum absolute atomic E-state index is 2.47. The fraction of sp³-hybridized carbons (Fsp3) is 0.333. The summed E-state index contributed by atoms with van der Waals surface area (Å²) in [5.41, 5.74) is 1.99. The maximum Gasteiger partial charge on any atom is 0.150 e. The Balaban J connectivity index is 2.41. The molecule has 0 saturated heterocycles. The number of hydrogen-bond acceptors (Lipinski definition) is 0. The predicted molar refractivity (Wildman–Crippen MR) is 135 cm³/mol. The van der Waals surface area contributed by atoms with Crippen molar-refractivity contribution in [1.29, 1.82) is 0 Å². The fourth-order valence-corrected chi connectivity index (χ4v) is 14.7. The van der Waals surface area contributed by atoms with E-state index in [0.717, 1.165) is 0 Å². The highest BCUT2D eigenvalue weighted by atomic mass is 28.3. The van der Waals surface area contributed by atoms with E-state index < -0.39 is 16.9 Å². The average molecular weight is 416 g/mol. The van der Waals surface area contributed by atoms with Crippen LogP contribution in [-0.2, 0) is 0 Å². The molecule has 0 unspecified atom stereocenters. The van der Waals surface area contributed by atoms with E-state index in [1.54, 1.807) is 10.4 Å². The molecule has 0 amide bonds. The second-order valence-electron chi connectivity index (χ2n) is 9.01. The Morgan fingerprint density at radius 1 is 0.552 bits per heavy atom. The monoisotopic (exact) mass is 415 g/mol. The molecule has 2 heteroatoms. The molecular weight excluding hydrogens is 380 g/mol. The zero-order chi connectivity index (χ0) is 21.0. The first-order chi connectivity index (χ1) is 13.9. The summed E-state index contributed by atoms with van der Waals surface area (Å²) in [4.78, 5) is 0. The third kappa shape index (κ3) is 4.06. The number of hydrogen-bond donors (Lipinski definition) is 0. The summed E-state index contributed by atoms with van der Waals surface area (Å²) in [5.74, 6) is 0. The molecule has 3 aromatic carbocycles. The molecule has 0 spiro atoms. The zero-order valence-corrected chi connectivity index (χ0v) is 20.8. The van der Waals surface area contributed by atoms with Gasteiger partial charge < -0.3 is 0 Å². The lowest BCUT2D eigenvalue weighted by Crippen LogP contribution is -2.73. The summed E-state index contributed by atoms with van der Waals surface area (Å²) >= 11 is 0. The molecular formula is C27H35Si2. The van der Waals surface area contributed by atoms with Crippen molar-refractivity contribution in [2.45, 2.75) is 58.2 Å². The van der Waals surface area contributed by atoms with Gasteiger partial charge >= 0.3 is 0 Å². The molecule has 0 nitrogen and oxygen atoms in total. The number of benzene rings is 3. The molecule has 1 radical (unpaired) electrons. The van der Waals surface area contributed by atoms with Crippen LogP contribution in [0, 0.1) is 0 Å². The van der Waals surface area contributed by atoms with Gasteiger partial charge in [0.05, 0.1) is 8.80 Å². The third-order valence-corrected chi connectivity index (χ3v) is 15.5. The molecule has 3 aromatic rings. The van der Waals surface area contributed by atoms with E-state index in [1.807, 2.05) is 0 Å². The topological polar surface area (TPSA) is 0 Å². The lowest BCUT2D eigenvalue weighted by molar-refractivity contribution is 0.951. The molecule has 0 aromatic heterocycles. The Hall–Kier alpha value is -1.91. The lowest BCUT2D eigenvalue weighted by Gasteiger charge is -2.40. The van der Waals surface area contributed by atoms with Gasteiger partial charge in [0.1, 0.15) is 0 Å². The fourth-order valence-electron chi connectivity index (χ4n) is 5.22. The summed E-state index contributed by atoms with van der Waals surface area (Å²) < 4.78 is 0. The second kappa shape index (κ2) is 9.27.